The lowest BCUT2D eigenvalue weighted by atomic mass is 10.2. The maximum atomic E-state index is 12.5. The van der Waals surface area contributed by atoms with Crippen LogP contribution in [0.4, 0.5) is 11.5 Å². The lowest BCUT2D eigenvalue weighted by Crippen LogP contribution is -2.25. The molecule has 0 aliphatic rings. The highest BCUT2D eigenvalue weighted by Gasteiger charge is 2.18. The normalized spacial score (nSPS) is 11.5. The van der Waals surface area contributed by atoms with E-state index in [1.165, 1.54) is 6.07 Å². The van der Waals surface area contributed by atoms with Gasteiger partial charge in [0.15, 0.2) is 5.16 Å². The van der Waals surface area contributed by atoms with Crippen LogP contribution in [0, 0.1) is 0 Å². The van der Waals surface area contributed by atoms with E-state index >= 15 is 0 Å². The zero-order valence-electron chi connectivity index (χ0n) is 15.7. The van der Waals surface area contributed by atoms with Crippen molar-refractivity contribution in [2.75, 3.05) is 17.7 Å². The average Bonchev–Trinajstić information content (AvgIpc) is 2.65. The highest BCUT2D eigenvalue weighted by atomic mass is 32.2. The highest BCUT2D eigenvalue weighted by Crippen LogP contribution is 2.23. The van der Waals surface area contributed by atoms with Crippen LogP contribution in [-0.2, 0) is 16.1 Å². The molecule has 28 heavy (non-hydrogen) atoms. The fraction of sp³-hybridized carbons (Fsp3) is 0.263. The van der Waals surface area contributed by atoms with E-state index in [4.69, 9.17) is 10.5 Å². The van der Waals surface area contributed by atoms with Crippen LogP contribution >= 0.6 is 11.8 Å². The zero-order valence-corrected chi connectivity index (χ0v) is 16.5. The molecule has 1 atom stereocenters. The molecule has 0 saturated carbocycles. The van der Waals surface area contributed by atoms with E-state index in [0.717, 1.165) is 11.8 Å². The molecule has 0 bridgehead atoms. The summed E-state index contributed by atoms with van der Waals surface area (Å²) in [5.74, 6) is -0.447. The van der Waals surface area contributed by atoms with Crippen LogP contribution in [-0.4, -0.2) is 33.3 Å². The van der Waals surface area contributed by atoms with Gasteiger partial charge in [-0.05, 0) is 38.1 Å². The summed E-state index contributed by atoms with van der Waals surface area (Å²) in [4.78, 5) is 39.8. The Balaban J connectivity index is 2.08. The van der Waals surface area contributed by atoms with Crippen LogP contribution in [0.3, 0.4) is 0 Å². The molecule has 1 heterocycles. The van der Waals surface area contributed by atoms with Gasteiger partial charge in [-0.1, -0.05) is 17.8 Å². The molecule has 1 aromatic heterocycles. The molecule has 0 aliphatic heterocycles. The van der Waals surface area contributed by atoms with E-state index in [1.54, 1.807) is 48.8 Å². The summed E-state index contributed by atoms with van der Waals surface area (Å²) in [5.41, 5.74) is 6.34. The Kier molecular flexibility index (Phi) is 7.39. The molecule has 1 aromatic carbocycles. The van der Waals surface area contributed by atoms with Gasteiger partial charge in [-0.25, -0.2) is 4.79 Å². The van der Waals surface area contributed by atoms with Crippen molar-refractivity contribution in [3.8, 4) is 0 Å². The summed E-state index contributed by atoms with van der Waals surface area (Å²) >= 11 is 1.12. The molecule has 9 heteroatoms. The fourth-order valence-corrected chi connectivity index (χ4v) is 3.20. The Morgan fingerprint density at radius 1 is 1.39 bits per heavy atom. The summed E-state index contributed by atoms with van der Waals surface area (Å²) in [7, 11) is 0. The van der Waals surface area contributed by atoms with Crippen molar-refractivity contribution >= 4 is 35.1 Å². The van der Waals surface area contributed by atoms with Crippen LogP contribution in [0.1, 0.15) is 24.2 Å². The quantitative estimate of drug-likeness (QED) is 0.301. The highest BCUT2D eigenvalue weighted by molar-refractivity contribution is 8.00. The number of hydrogen-bond acceptors (Lipinski definition) is 7. The molecular formula is C19H22N4O4S. The van der Waals surface area contributed by atoms with Gasteiger partial charge in [-0.3, -0.25) is 9.59 Å². The number of nitrogen functional groups attached to an aromatic ring is 1. The van der Waals surface area contributed by atoms with E-state index in [0.29, 0.717) is 29.6 Å². The molecular weight excluding hydrogens is 380 g/mol. The number of hydrogen-bond donors (Lipinski definition) is 2. The van der Waals surface area contributed by atoms with Crippen molar-refractivity contribution in [3.63, 3.8) is 0 Å². The second-order valence-electron chi connectivity index (χ2n) is 5.75. The van der Waals surface area contributed by atoms with Crippen LogP contribution in [0.5, 0.6) is 0 Å². The first-order valence-corrected chi connectivity index (χ1v) is 9.46. The number of amides is 1. The van der Waals surface area contributed by atoms with Gasteiger partial charge >= 0.3 is 5.97 Å². The summed E-state index contributed by atoms with van der Waals surface area (Å²) < 4.78 is 6.53. The smallest absolute Gasteiger partial charge is 0.338 e. The number of carbonyl (C=O) groups excluding carboxylic acids is 2. The molecule has 0 saturated heterocycles. The molecule has 0 radical (unpaired) electrons. The Labute approximate surface area is 166 Å². The lowest BCUT2D eigenvalue weighted by molar-refractivity contribution is -0.115. The minimum Gasteiger partial charge on any atom is -0.462 e. The van der Waals surface area contributed by atoms with Crippen LogP contribution in [0.25, 0.3) is 0 Å². The summed E-state index contributed by atoms with van der Waals surface area (Å²) in [6.45, 7) is 7.74. The minimum atomic E-state index is -0.547. The summed E-state index contributed by atoms with van der Waals surface area (Å²) in [6, 6.07) is 7.62. The van der Waals surface area contributed by atoms with Crippen LogP contribution in [0.2, 0.25) is 0 Å². The van der Waals surface area contributed by atoms with Gasteiger partial charge in [0.1, 0.15) is 5.82 Å². The number of benzene rings is 1. The van der Waals surface area contributed by atoms with E-state index in [1.807, 2.05) is 0 Å². The third-order valence-corrected chi connectivity index (χ3v) is 4.74. The van der Waals surface area contributed by atoms with Gasteiger partial charge in [-0.2, -0.15) is 4.98 Å². The summed E-state index contributed by atoms with van der Waals surface area (Å²) in [5, 5.41) is 2.55. The molecule has 0 aliphatic carbocycles. The molecule has 8 nitrogen and oxygen atoms in total. The molecule has 0 unspecified atom stereocenters. The standard InChI is InChI=1S/C19H22N4O4S/c1-4-10-23-15(20)11-16(24)22-19(23)28-12(3)17(25)21-14-8-6-13(7-9-14)18(26)27-5-2/h4,6-9,11-12H,1,5,10,20H2,2-3H3,(H,21,25)/t12-/m1/s1. The second-order valence-corrected chi connectivity index (χ2v) is 7.06. The molecule has 0 spiro atoms. The molecule has 148 valence electrons. The van der Waals surface area contributed by atoms with E-state index in [9.17, 15) is 14.4 Å². The van der Waals surface area contributed by atoms with E-state index < -0.39 is 16.8 Å². The minimum absolute atomic E-state index is 0.254. The number of allylic oxidation sites excluding steroid dienone is 1. The largest absolute Gasteiger partial charge is 0.462 e. The predicted molar refractivity (Wildman–Crippen MR) is 109 cm³/mol. The first kappa shape index (κ1) is 21.2. The number of nitrogens with one attached hydrogen (secondary N) is 1. The lowest BCUT2D eigenvalue weighted by Gasteiger charge is -2.16. The Bertz CT molecular complexity index is 925. The number of esters is 1. The Hall–Kier alpha value is -3.07. The monoisotopic (exact) mass is 402 g/mol. The van der Waals surface area contributed by atoms with Crippen LogP contribution < -0.4 is 16.6 Å². The van der Waals surface area contributed by atoms with Gasteiger partial charge in [0.05, 0.1) is 17.4 Å². The van der Waals surface area contributed by atoms with Crippen molar-refractivity contribution < 1.29 is 14.3 Å². The van der Waals surface area contributed by atoms with Gasteiger partial charge in [0.2, 0.25) is 5.91 Å². The topological polar surface area (TPSA) is 116 Å². The van der Waals surface area contributed by atoms with E-state index in [-0.39, 0.29) is 11.7 Å². The van der Waals surface area contributed by atoms with Crippen molar-refractivity contribution in [1.82, 2.24) is 9.55 Å². The number of nitrogens with two attached hydrogens (primary N) is 1. The molecule has 0 fully saturated rings. The first-order valence-electron chi connectivity index (χ1n) is 8.58. The molecule has 1 amide bonds. The zero-order chi connectivity index (χ0) is 20.7. The number of thioether (sulfide) groups is 1. The average molecular weight is 402 g/mol. The Morgan fingerprint density at radius 2 is 2.07 bits per heavy atom. The summed E-state index contributed by atoms with van der Waals surface area (Å²) in [6.07, 6.45) is 1.63. The Morgan fingerprint density at radius 3 is 2.68 bits per heavy atom. The number of ether oxygens (including phenoxy) is 1. The van der Waals surface area contributed by atoms with Crippen LogP contribution in [0.15, 0.2) is 52.9 Å². The maximum absolute atomic E-state index is 12.5. The number of aromatic nitrogens is 2. The number of nitrogens with zero attached hydrogens (tertiary/aromatic N) is 2. The SMILES string of the molecule is C=CCn1c(N)cc(=O)nc1S[C@H](C)C(=O)Nc1ccc(C(=O)OCC)cc1. The molecule has 3 N–H and O–H groups in total. The third-order valence-electron chi connectivity index (χ3n) is 3.65. The molecule has 2 rings (SSSR count). The number of carbonyl (C=O) groups is 2. The van der Waals surface area contributed by atoms with Crippen molar-refractivity contribution in [3.05, 3.63) is 58.9 Å². The number of rotatable bonds is 8. The van der Waals surface area contributed by atoms with Gasteiger partial charge in [0, 0.05) is 18.3 Å². The van der Waals surface area contributed by atoms with E-state index in [2.05, 4.69) is 16.9 Å². The number of anilines is 2. The van der Waals surface area contributed by atoms with Gasteiger partial charge < -0.3 is 20.4 Å². The van der Waals surface area contributed by atoms with Gasteiger partial charge in [-0.15, -0.1) is 6.58 Å². The predicted octanol–water partition coefficient (Wildman–Crippen LogP) is 2.31. The molecule has 2 aromatic rings. The third kappa shape index (κ3) is 5.46. The van der Waals surface area contributed by atoms with Gasteiger partial charge in [0.25, 0.3) is 5.56 Å². The van der Waals surface area contributed by atoms with Crippen molar-refractivity contribution in [1.29, 1.82) is 0 Å². The maximum Gasteiger partial charge on any atom is 0.338 e. The van der Waals surface area contributed by atoms with Crippen molar-refractivity contribution in [2.45, 2.75) is 30.8 Å². The fourth-order valence-electron chi connectivity index (χ4n) is 2.26. The van der Waals surface area contributed by atoms with Crippen molar-refractivity contribution in [2.24, 2.45) is 0 Å². The first-order chi connectivity index (χ1) is 13.3. The second kappa shape index (κ2) is 9.75.